The van der Waals surface area contributed by atoms with Crippen molar-refractivity contribution in [2.45, 2.75) is 38.3 Å². The Morgan fingerprint density at radius 3 is 2.83 bits per heavy atom. The topological polar surface area (TPSA) is 90.9 Å². The largest absolute Gasteiger partial charge is 0.382 e. The van der Waals surface area contributed by atoms with Crippen molar-refractivity contribution < 1.29 is 5.11 Å². The van der Waals surface area contributed by atoms with Crippen LogP contribution in [0.3, 0.4) is 0 Å². The molecule has 0 radical (unpaired) electrons. The first-order valence-corrected chi connectivity index (χ1v) is 7.77. The van der Waals surface area contributed by atoms with Gasteiger partial charge in [0.15, 0.2) is 0 Å². The zero-order valence-electron chi connectivity index (χ0n) is 13.3. The number of nitrogens with zero attached hydrogens (tertiary/aromatic N) is 6. The number of piperidine rings is 1. The number of nitriles is 1. The van der Waals surface area contributed by atoms with E-state index in [-0.39, 0.29) is 6.04 Å². The quantitative estimate of drug-likeness (QED) is 0.926. The van der Waals surface area contributed by atoms with Crippen molar-refractivity contribution in [3.63, 3.8) is 0 Å². The third-order valence-electron chi connectivity index (χ3n) is 4.21. The molecule has 1 aliphatic heterocycles. The van der Waals surface area contributed by atoms with Gasteiger partial charge in [-0.1, -0.05) is 5.21 Å². The first kappa shape index (κ1) is 15.4. The third kappa shape index (κ3) is 3.03. The molecule has 2 aromatic heterocycles. The second-order valence-electron chi connectivity index (χ2n) is 6.25. The summed E-state index contributed by atoms with van der Waals surface area (Å²) in [4.78, 5) is 6.18. The van der Waals surface area contributed by atoms with Crippen LogP contribution < -0.4 is 4.90 Å². The summed E-state index contributed by atoms with van der Waals surface area (Å²) in [5, 5.41) is 28.1. The van der Waals surface area contributed by atoms with E-state index in [1.165, 1.54) is 0 Å². The maximum atomic E-state index is 11.0. The first-order valence-electron chi connectivity index (χ1n) is 7.77. The minimum Gasteiger partial charge on any atom is -0.382 e. The van der Waals surface area contributed by atoms with Gasteiger partial charge >= 0.3 is 0 Å². The number of pyridine rings is 1. The average Bonchev–Trinajstić information content (AvgIpc) is 3.06. The molecule has 0 saturated carbocycles. The summed E-state index contributed by atoms with van der Waals surface area (Å²) in [5.74, 6) is 0. The van der Waals surface area contributed by atoms with Crippen molar-refractivity contribution in [2.24, 2.45) is 0 Å². The first-order chi connectivity index (χ1) is 11.0. The minimum absolute atomic E-state index is 0.210. The average molecular weight is 312 g/mol. The summed E-state index contributed by atoms with van der Waals surface area (Å²) in [6.45, 7) is 5.34. The molecule has 3 heterocycles. The van der Waals surface area contributed by atoms with E-state index < -0.39 is 5.60 Å². The predicted octanol–water partition coefficient (Wildman–Crippen LogP) is 1.61. The molecule has 1 atom stereocenters. The predicted molar refractivity (Wildman–Crippen MR) is 84.7 cm³/mol. The fourth-order valence-electron chi connectivity index (χ4n) is 2.85. The van der Waals surface area contributed by atoms with Crippen LogP contribution in [0.4, 0.5) is 5.69 Å². The van der Waals surface area contributed by atoms with Crippen LogP contribution in [0.5, 0.6) is 0 Å². The number of β-amino-alcohol motifs (C(OH)–C–C–N with tert-alkyl or cyclic N) is 1. The Morgan fingerprint density at radius 1 is 1.39 bits per heavy atom. The van der Waals surface area contributed by atoms with Crippen molar-refractivity contribution in [1.29, 1.82) is 5.26 Å². The highest BCUT2D eigenvalue weighted by atomic mass is 16.3. The molecule has 120 valence electrons. The highest BCUT2D eigenvalue weighted by molar-refractivity contribution is 5.47. The minimum atomic E-state index is -1.01. The van der Waals surface area contributed by atoms with Crippen molar-refractivity contribution in [1.82, 2.24) is 20.0 Å². The molecular weight excluding hydrogens is 292 g/mol. The van der Waals surface area contributed by atoms with E-state index >= 15 is 0 Å². The molecule has 0 unspecified atom stereocenters. The zero-order valence-corrected chi connectivity index (χ0v) is 13.3. The van der Waals surface area contributed by atoms with E-state index in [0.717, 1.165) is 18.7 Å². The standard InChI is InChI=1S/C16H20N6O/c1-12(2)22-10-15(19-20-22)16(23)6-3-7-21(11-16)14-5-4-13(8-17)18-9-14/h4-5,9-10,12,23H,3,6-7,11H2,1-2H3/t16-/m1/s1. The van der Waals surface area contributed by atoms with Crippen LogP contribution in [0.1, 0.15) is 44.1 Å². The van der Waals surface area contributed by atoms with Crippen LogP contribution in [0.2, 0.25) is 0 Å². The molecule has 0 amide bonds. The highest BCUT2D eigenvalue weighted by Crippen LogP contribution is 2.32. The maximum absolute atomic E-state index is 11.0. The van der Waals surface area contributed by atoms with Crippen LogP contribution >= 0.6 is 0 Å². The van der Waals surface area contributed by atoms with Crippen molar-refractivity contribution in [2.75, 3.05) is 18.0 Å². The van der Waals surface area contributed by atoms with Gasteiger partial charge in [-0.25, -0.2) is 9.67 Å². The van der Waals surface area contributed by atoms with E-state index in [1.54, 1.807) is 16.9 Å². The Morgan fingerprint density at radius 2 is 2.22 bits per heavy atom. The van der Waals surface area contributed by atoms with E-state index in [9.17, 15) is 5.11 Å². The number of aromatic nitrogens is 4. The van der Waals surface area contributed by atoms with Gasteiger partial charge in [0.25, 0.3) is 0 Å². The fourth-order valence-corrected chi connectivity index (χ4v) is 2.85. The van der Waals surface area contributed by atoms with Crippen LogP contribution in [-0.2, 0) is 5.60 Å². The molecule has 2 aromatic rings. The Kier molecular flexibility index (Phi) is 4.01. The molecule has 0 aromatic carbocycles. The van der Waals surface area contributed by atoms with E-state index in [0.29, 0.717) is 24.4 Å². The molecule has 1 fully saturated rings. The second kappa shape index (κ2) is 5.97. The summed E-state index contributed by atoms with van der Waals surface area (Å²) in [6.07, 6.45) is 5.01. The molecule has 1 N–H and O–H groups in total. The smallest absolute Gasteiger partial charge is 0.140 e. The van der Waals surface area contributed by atoms with Gasteiger partial charge in [-0.15, -0.1) is 5.10 Å². The van der Waals surface area contributed by atoms with Crippen LogP contribution in [-0.4, -0.2) is 38.2 Å². The highest BCUT2D eigenvalue weighted by Gasteiger charge is 2.37. The molecular formula is C16H20N6O. The molecule has 0 bridgehead atoms. The second-order valence-corrected chi connectivity index (χ2v) is 6.25. The maximum Gasteiger partial charge on any atom is 0.140 e. The number of aliphatic hydroxyl groups is 1. The number of anilines is 1. The molecule has 23 heavy (non-hydrogen) atoms. The number of rotatable bonds is 3. The fraction of sp³-hybridized carbons (Fsp3) is 0.500. The summed E-state index contributed by atoms with van der Waals surface area (Å²) in [7, 11) is 0. The SMILES string of the molecule is CC(C)n1cc([C@@]2(O)CCCN(c3ccc(C#N)nc3)C2)nn1. The van der Waals surface area contributed by atoms with Gasteiger partial charge < -0.3 is 10.0 Å². The molecule has 1 saturated heterocycles. The molecule has 0 spiro atoms. The lowest BCUT2D eigenvalue weighted by atomic mass is 9.90. The normalized spacial score (nSPS) is 21.4. The van der Waals surface area contributed by atoms with E-state index in [2.05, 4.69) is 20.2 Å². The van der Waals surface area contributed by atoms with Gasteiger partial charge in [0.2, 0.25) is 0 Å². The summed E-state index contributed by atoms with van der Waals surface area (Å²) >= 11 is 0. The van der Waals surface area contributed by atoms with Crippen LogP contribution in [0.25, 0.3) is 0 Å². The summed E-state index contributed by atoms with van der Waals surface area (Å²) in [6, 6.07) is 5.78. The van der Waals surface area contributed by atoms with Crippen LogP contribution in [0, 0.1) is 11.3 Å². The van der Waals surface area contributed by atoms with Gasteiger partial charge in [0, 0.05) is 12.6 Å². The van der Waals surface area contributed by atoms with Crippen molar-refractivity contribution in [3.05, 3.63) is 35.9 Å². The van der Waals surface area contributed by atoms with E-state index in [4.69, 9.17) is 5.26 Å². The monoisotopic (exact) mass is 312 g/mol. The molecule has 1 aliphatic rings. The molecule has 7 nitrogen and oxygen atoms in total. The molecule has 0 aliphatic carbocycles. The van der Waals surface area contributed by atoms with E-state index in [1.807, 2.05) is 32.2 Å². The summed E-state index contributed by atoms with van der Waals surface area (Å²) in [5.41, 5.74) is 0.885. The van der Waals surface area contributed by atoms with Gasteiger partial charge in [-0.05, 0) is 38.8 Å². The van der Waals surface area contributed by atoms with Gasteiger partial charge in [-0.3, -0.25) is 0 Å². The van der Waals surface area contributed by atoms with Gasteiger partial charge in [0.05, 0.1) is 24.6 Å². The lowest BCUT2D eigenvalue weighted by Gasteiger charge is -2.39. The Labute approximate surface area is 135 Å². The number of hydrogen-bond donors (Lipinski definition) is 1. The Bertz CT molecular complexity index is 717. The summed E-state index contributed by atoms with van der Waals surface area (Å²) < 4.78 is 1.76. The van der Waals surface area contributed by atoms with Crippen molar-refractivity contribution >= 4 is 5.69 Å². The van der Waals surface area contributed by atoms with Crippen molar-refractivity contribution in [3.8, 4) is 6.07 Å². The molecule has 3 rings (SSSR count). The number of hydrogen-bond acceptors (Lipinski definition) is 6. The lowest BCUT2D eigenvalue weighted by molar-refractivity contribution is 0.0176. The zero-order chi connectivity index (χ0) is 16.4. The van der Waals surface area contributed by atoms with Gasteiger partial charge in [0.1, 0.15) is 23.1 Å². The van der Waals surface area contributed by atoms with Crippen LogP contribution in [0.15, 0.2) is 24.5 Å². The third-order valence-corrected chi connectivity index (χ3v) is 4.21. The Balaban J connectivity index is 1.82. The molecule has 7 heteroatoms. The van der Waals surface area contributed by atoms with Gasteiger partial charge in [-0.2, -0.15) is 5.26 Å². The lowest BCUT2D eigenvalue weighted by Crippen LogP contribution is -2.46. The Hall–Kier alpha value is -2.46.